The average Bonchev–Trinajstić information content (AvgIpc) is 3.33. The van der Waals surface area contributed by atoms with Gasteiger partial charge in [0.2, 0.25) is 5.91 Å². The van der Waals surface area contributed by atoms with Crippen molar-refractivity contribution in [2.45, 2.75) is 24.9 Å². The molecule has 0 saturated carbocycles. The van der Waals surface area contributed by atoms with Gasteiger partial charge >= 0.3 is 0 Å². The lowest BCUT2D eigenvalue weighted by molar-refractivity contribution is -0.166. The molecule has 0 radical (unpaired) electrons. The number of para-hydroxylation sites is 2. The molecule has 3 heterocycles. The summed E-state index contributed by atoms with van der Waals surface area (Å²) in [5.41, 5.74) is 3.29. The standard InChI is InChI=1S/C30H28ClN3O4/c1-30-28-26(21-7-4-5-9-23(21)32-28)22(20-8-6-10-24(37-2)27(20)38-3)16-34(30)25(35)17-33(29(30)36)15-18-11-13-19(31)14-12-18/h4-14,22,32H,15-17H2,1-3H3/t22?,30-/m0/s1. The Labute approximate surface area is 225 Å². The lowest BCUT2D eigenvalue weighted by Crippen LogP contribution is -2.67. The molecule has 2 aliphatic heterocycles. The third-order valence-electron chi connectivity index (χ3n) is 7.91. The summed E-state index contributed by atoms with van der Waals surface area (Å²) < 4.78 is 11.4. The monoisotopic (exact) mass is 529 g/mol. The van der Waals surface area contributed by atoms with Crippen molar-refractivity contribution in [3.8, 4) is 11.5 Å². The Bertz CT molecular complexity index is 1560. The zero-order valence-corrected chi connectivity index (χ0v) is 22.2. The second-order valence-corrected chi connectivity index (χ2v) is 10.4. The molecule has 8 heteroatoms. The smallest absolute Gasteiger partial charge is 0.255 e. The van der Waals surface area contributed by atoms with E-state index in [4.69, 9.17) is 21.1 Å². The summed E-state index contributed by atoms with van der Waals surface area (Å²) in [6.07, 6.45) is 0. The number of piperazine rings is 1. The zero-order chi connectivity index (χ0) is 26.6. The first-order chi connectivity index (χ1) is 18.4. The number of carbonyl (C=O) groups excluding carboxylic acids is 2. The fraction of sp³-hybridized carbons (Fsp3) is 0.267. The molecular formula is C30H28ClN3O4. The summed E-state index contributed by atoms with van der Waals surface area (Å²) in [5.74, 6) is 0.807. The molecule has 3 aromatic carbocycles. The first-order valence-electron chi connectivity index (χ1n) is 12.5. The highest BCUT2D eigenvalue weighted by Gasteiger charge is 2.56. The lowest BCUT2D eigenvalue weighted by Gasteiger charge is -2.51. The number of nitrogens with one attached hydrogen (secondary N) is 1. The van der Waals surface area contributed by atoms with Gasteiger partial charge < -0.3 is 24.3 Å². The quantitative estimate of drug-likeness (QED) is 0.392. The van der Waals surface area contributed by atoms with Gasteiger partial charge in [-0.15, -0.1) is 0 Å². The Morgan fingerprint density at radius 2 is 1.76 bits per heavy atom. The lowest BCUT2D eigenvalue weighted by atomic mass is 9.76. The van der Waals surface area contributed by atoms with Crippen LogP contribution in [-0.4, -0.2) is 53.9 Å². The van der Waals surface area contributed by atoms with Crippen LogP contribution in [0.1, 0.15) is 35.2 Å². The number of nitrogens with zero attached hydrogens (tertiary/aromatic N) is 2. The van der Waals surface area contributed by atoms with Crippen LogP contribution in [0, 0.1) is 0 Å². The van der Waals surface area contributed by atoms with E-state index in [0.29, 0.717) is 29.6 Å². The van der Waals surface area contributed by atoms with E-state index in [9.17, 15) is 9.59 Å². The normalized spacial score (nSPS) is 20.9. The van der Waals surface area contributed by atoms with Crippen LogP contribution in [0.3, 0.4) is 0 Å². The van der Waals surface area contributed by atoms with E-state index in [0.717, 1.165) is 33.3 Å². The van der Waals surface area contributed by atoms with Gasteiger partial charge in [0.15, 0.2) is 17.0 Å². The molecule has 4 aromatic rings. The molecule has 194 valence electrons. The molecule has 6 rings (SSSR count). The molecule has 7 nitrogen and oxygen atoms in total. The molecule has 0 spiro atoms. The van der Waals surface area contributed by atoms with Crippen LogP contribution in [-0.2, 0) is 21.7 Å². The van der Waals surface area contributed by atoms with Crippen molar-refractivity contribution in [2.75, 3.05) is 27.3 Å². The number of aromatic nitrogens is 1. The van der Waals surface area contributed by atoms with Crippen molar-refractivity contribution in [1.82, 2.24) is 14.8 Å². The van der Waals surface area contributed by atoms with E-state index in [1.807, 2.05) is 55.5 Å². The molecule has 2 atom stereocenters. The summed E-state index contributed by atoms with van der Waals surface area (Å²) >= 11 is 6.06. The van der Waals surface area contributed by atoms with Crippen LogP contribution in [0.15, 0.2) is 66.7 Å². The van der Waals surface area contributed by atoms with Gasteiger partial charge in [-0.3, -0.25) is 9.59 Å². The summed E-state index contributed by atoms with van der Waals surface area (Å²) in [7, 11) is 3.23. The maximum Gasteiger partial charge on any atom is 0.255 e. The van der Waals surface area contributed by atoms with Gasteiger partial charge in [-0.2, -0.15) is 0 Å². The molecule has 1 fully saturated rings. The third-order valence-corrected chi connectivity index (χ3v) is 8.16. The van der Waals surface area contributed by atoms with Gasteiger partial charge in [0.05, 0.1) is 19.9 Å². The molecule has 0 aliphatic carbocycles. The number of rotatable bonds is 5. The minimum absolute atomic E-state index is 0.00851. The predicted molar refractivity (Wildman–Crippen MR) is 146 cm³/mol. The van der Waals surface area contributed by atoms with Gasteiger partial charge in [0.1, 0.15) is 6.54 Å². The molecule has 38 heavy (non-hydrogen) atoms. The molecule has 2 aliphatic rings. The molecule has 1 unspecified atom stereocenters. The Kier molecular flexibility index (Phi) is 5.83. The summed E-state index contributed by atoms with van der Waals surface area (Å²) in [5, 5.41) is 1.65. The number of fused-ring (bicyclic) bond motifs is 5. The molecule has 0 bridgehead atoms. The van der Waals surface area contributed by atoms with Crippen molar-refractivity contribution >= 4 is 34.3 Å². The van der Waals surface area contributed by atoms with Crippen molar-refractivity contribution in [3.63, 3.8) is 0 Å². The number of amides is 2. The number of ether oxygens (including phenoxy) is 2. The predicted octanol–water partition coefficient (Wildman–Crippen LogP) is 5.07. The van der Waals surface area contributed by atoms with E-state index in [-0.39, 0.29) is 24.3 Å². The minimum Gasteiger partial charge on any atom is -0.493 e. The Balaban J connectivity index is 1.52. The number of carbonyl (C=O) groups is 2. The van der Waals surface area contributed by atoms with Crippen molar-refractivity contribution < 1.29 is 19.1 Å². The molecule has 2 amide bonds. The molecule has 1 aromatic heterocycles. The number of halogens is 1. The van der Waals surface area contributed by atoms with Crippen LogP contribution in [0.2, 0.25) is 5.02 Å². The minimum atomic E-state index is -1.18. The molecule has 1 saturated heterocycles. The number of hydrogen-bond donors (Lipinski definition) is 1. The highest BCUT2D eigenvalue weighted by atomic mass is 35.5. The Morgan fingerprint density at radius 1 is 1.00 bits per heavy atom. The van der Waals surface area contributed by atoms with Gasteiger partial charge in [-0.05, 0) is 42.3 Å². The largest absolute Gasteiger partial charge is 0.493 e. The van der Waals surface area contributed by atoms with Crippen LogP contribution < -0.4 is 9.47 Å². The maximum absolute atomic E-state index is 14.2. The van der Waals surface area contributed by atoms with E-state index in [2.05, 4.69) is 11.1 Å². The van der Waals surface area contributed by atoms with Crippen LogP contribution in [0.25, 0.3) is 10.9 Å². The SMILES string of the molecule is COc1cccc(C2CN3C(=O)CN(Cc4ccc(Cl)cc4)C(=O)[C@]3(C)c3[nH]c4ccccc4c32)c1OC. The van der Waals surface area contributed by atoms with E-state index in [1.54, 1.807) is 36.2 Å². The van der Waals surface area contributed by atoms with Gasteiger partial charge in [0, 0.05) is 40.5 Å². The van der Waals surface area contributed by atoms with Gasteiger partial charge in [-0.1, -0.05) is 54.1 Å². The number of benzene rings is 3. The van der Waals surface area contributed by atoms with Crippen LogP contribution >= 0.6 is 11.6 Å². The second kappa shape index (κ2) is 9.10. The Morgan fingerprint density at radius 3 is 2.50 bits per heavy atom. The molecule has 1 N–H and O–H groups in total. The van der Waals surface area contributed by atoms with E-state index in [1.165, 1.54) is 0 Å². The number of methoxy groups -OCH3 is 2. The number of H-pyrrole nitrogens is 1. The zero-order valence-electron chi connectivity index (χ0n) is 21.5. The average molecular weight is 530 g/mol. The highest BCUT2D eigenvalue weighted by molar-refractivity contribution is 6.30. The first kappa shape index (κ1) is 24.4. The topological polar surface area (TPSA) is 74.9 Å². The van der Waals surface area contributed by atoms with Crippen molar-refractivity contribution in [1.29, 1.82) is 0 Å². The van der Waals surface area contributed by atoms with Gasteiger partial charge in [0.25, 0.3) is 5.91 Å². The van der Waals surface area contributed by atoms with Crippen LogP contribution in [0.5, 0.6) is 11.5 Å². The number of hydrogen-bond acceptors (Lipinski definition) is 4. The second-order valence-electron chi connectivity index (χ2n) is 9.96. The molecular weight excluding hydrogens is 502 g/mol. The van der Waals surface area contributed by atoms with E-state index < -0.39 is 5.54 Å². The maximum atomic E-state index is 14.2. The summed E-state index contributed by atoms with van der Waals surface area (Å²) in [6.45, 7) is 2.53. The Hall–Kier alpha value is -3.97. The summed E-state index contributed by atoms with van der Waals surface area (Å²) in [6, 6.07) is 21.2. The number of aromatic amines is 1. The summed E-state index contributed by atoms with van der Waals surface area (Å²) in [4.78, 5) is 34.9. The van der Waals surface area contributed by atoms with Gasteiger partial charge in [-0.25, -0.2) is 0 Å². The first-order valence-corrected chi connectivity index (χ1v) is 12.9. The fourth-order valence-electron chi connectivity index (χ4n) is 6.08. The van der Waals surface area contributed by atoms with Crippen molar-refractivity contribution in [3.05, 3.63) is 94.1 Å². The third kappa shape index (κ3) is 3.56. The highest BCUT2D eigenvalue weighted by Crippen LogP contribution is 2.50. The van der Waals surface area contributed by atoms with E-state index >= 15 is 0 Å². The van der Waals surface area contributed by atoms with Crippen LogP contribution in [0.4, 0.5) is 0 Å². The van der Waals surface area contributed by atoms with Crippen molar-refractivity contribution in [2.24, 2.45) is 0 Å². The fourth-order valence-corrected chi connectivity index (χ4v) is 6.21.